The number of rotatable bonds is 2. The van der Waals surface area contributed by atoms with Gasteiger partial charge in [-0.15, -0.1) is 11.3 Å². The van der Waals surface area contributed by atoms with Gasteiger partial charge in [0, 0.05) is 4.88 Å². The number of ether oxygens (including phenoxy) is 1. The summed E-state index contributed by atoms with van der Waals surface area (Å²) in [6.45, 7) is 2.28. The van der Waals surface area contributed by atoms with Gasteiger partial charge in [0.2, 0.25) is 0 Å². The van der Waals surface area contributed by atoms with Crippen molar-refractivity contribution >= 4 is 11.3 Å². The minimum atomic E-state index is -0.0825. The van der Waals surface area contributed by atoms with Crippen molar-refractivity contribution in [2.45, 2.75) is 31.7 Å². The molecule has 3 heteroatoms. The second-order valence-electron chi connectivity index (χ2n) is 4.33. The third-order valence-corrected chi connectivity index (χ3v) is 4.34. The van der Waals surface area contributed by atoms with E-state index in [1.54, 1.807) is 18.4 Å². The monoisotopic (exact) mass is 211 g/mol. The third-order valence-electron chi connectivity index (χ3n) is 3.07. The van der Waals surface area contributed by atoms with Crippen molar-refractivity contribution in [2.24, 2.45) is 11.7 Å². The van der Waals surface area contributed by atoms with E-state index in [-0.39, 0.29) is 5.54 Å². The maximum Gasteiger partial charge on any atom is 0.173 e. The van der Waals surface area contributed by atoms with Crippen molar-refractivity contribution < 1.29 is 4.74 Å². The molecule has 0 saturated heterocycles. The Labute approximate surface area is 89.1 Å². The van der Waals surface area contributed by atoms with Gasteiger partial charge in [-0.3, -0.25) is 0 Å². The zero-order chi connectivity index (χ0) is 10.2. The number of hydrogen-bond donors (Lipinski definition) is 1. The highest BCUT2D eigenvalue weighted by Crippen LogP contribution is 2.43. The Kier molecular flexibility index (Phi) is 2.54. The van der Waals surface area contributed by atoms with E-state index >= 15 is 0 Å². The topological polar surface area (TPSA) is 35.2 Å². The number of nitrogens with two attached hydrogens (primary N) is 1. The van der Waals surface area contributed by atoms with Crippen LogP contribution in [0.5, 0.6) is 5.06 Å². The molecule has 0 aromatic carbocycles. The van der Waals surface area contributed by atoms with E-state index in [2.05, 4.69) is 13.0 Å². The van der Waals surface area contributed by atoms with E-state index < -0.39 is 0 Å². The Hall–Kier alpha value is -0.540. The molecular weight excluding hydrogens is 194 g/mol. The maximum absolute atomic E-state index is 6.39. The van der Waals surface area contributed by atoms with Gasteiger partial charge in [0.05, 0.1) is 12.6 Å². The summed E-state index contributed by atoms with van der Waals surface area (Å²) in [6, 6.07) is 4.12. The quantitative estimate of drug-likeness (QED) is 0.816. The zero-order valence-electron chi connectivity index (χ0n) is 8.75. The normalized spacial score (nSPS) is 32.1. The van der Waals surface area contributed by atoms with Gasteiger partial charge >= 0.3 is 0 Å². The van der Waals surface area contributed by atoms with Crippen LogP contribution in [0.4, 0.5) is 0 Å². The molecule has 0 aliphatic heterocycles. The van der Waals surface area contributed by atoms with Gasteiger partial charge in [-0.2, -0.15) is 0 Å². The van der Waals surface area contributed by atoms with Gasteiger partial charge < -0.3 is 10.5 Å². The van der Waals surface area contributed by atoms with Gasteiger partial charge in [-0.05, 0) is 37.3 Å². The lowest BCUT2D eigenvalue weighted by molar-refractivity contribution is 0.427. The summed E-state index contributed by atoms with van der Waals surface area (Å²) >= 11 is 1.68. The molecule has 1 aliphatic rings. The minimum Gasteiger partial charge on any atom is -0.487 e. The molecule has 2 unspecified atom stereocenters. The van der Waals surface area contributed by atoms with E-state index in [1.165, 1.54) is 11.3 Å². The lowest BCUT2D eigenvalue weighted by atomic mass is 9.96. The van der Waals surface area contributed by atoms with Gasteiger partial charge in [-0.25, -0.2) is 0 Å². The second-order valence-corrected chi connectivity index (χ2v) is 5.37. The fraction of sp³-hybridized carbons (Fsp3) is 0.636. The molecule has 1 aromatic rings. The molecule has 1 aromatic heterocycles. The van der Waals surface area contributed by atoms with Gasteiger partial charge in [0.15, 0.2) is 5.06 Å². The van der Waals surface area contributed by atoms with Gasteiger partial charge in [-0.1, -0.05) is 6.92 Å². The molecular formula is C11H17NOS. The first kappa shape index (κ1) is 9.99. The molecule has 0 radical (unpaired) electrons. The number of methoxy groups -OCH3 is 1. The summed E-state index contributed by atoms with van der Waals surface area (Å²) in [7, 11) is 1.70. The zero-order valence-corrected chi connectivity index (χ0v) is 9.56. The molecule has 2 nitrogen and oxygen atoms in total. The fourth-order valence-electron chi connectivity index (χ4n) is 2.25. The van der Waals surface area contributed by atoms with Gasteiger partial charge in [0.1, 0.15) is 0 Å². The first-order chi connectivity index (χ1) is 6.64. The average Bonchev–Trinajstić information content (AvgIpc) is 2.73. The standard InChI is InChI=1S/C11H17NOS/c1-8-5-6-11(12,7-8)9-3-4-10(13-2)14-9/h3-4,8H,5-7,12H2,1-2H3. The Balaban J connectivity index is 2.21. The SMILES string of the molecule is COc1ccc(C2(N)CCC(C)C2)s1. The van der Waals surface area contributed by atoms with Crippen molar-refractivity contribution in [1.82, 2.24) is 0 Å². The molecule has 1 aliphatic carbocycles. The first-order valence-electron chi connectivity index (χ1n) is 5.07. The summed E-state index contributed by atoms with van der Waals surface area (Å²) in [4.78, 5) is 1.28. The summed E-state index contributed by atoms with van der Waals surface area (Å²) in [6.07, 6.45) is 3.46. The van der Waals surface area contributed by atoms with Crippen molar-refractivity contribution in [3.05, 3.63) is 17.0 Å². The molecule has 1 heterocycles. The van der Waals surface area contributed by atoms with Gasteiger partial charge in [0.25, 0.3) is 0 Å². The van der Waals surface area contributed by atoms with Crippen LogP contribution in [0, 0.1) is 5.92 Å². The smallest absolute Gasteiger partial charge is 0.173 e. The molecule has 0 amide bonds. The van der Waals surface area contributed by atoms with Crippen LogP contribution in [0.25, 0.3) is 0 Å². The lowest BCUT2D eigenvalue weighted by Crippen LogP contribution is -2.32. The van der Waals surface area contributed by atoms with Crippen LogP contribution in [0.3, 0.4) is 0 Å². The summed E-state index contributed by atoms with van der Waals surface area (Å²) < 4.78 is 5.19. The Morgan fingerprint density at radius 2 is 2.36 bits per heavy atom. The minimum absolute atomic E-state index is 0.0825. The molecule has 1 fully saturated rings. The lowest BCUT2D eigenvalue weighted by Gasteiger charge is -2.22. The molecule has 78 valence electrons. The molecule has 14 heavy (non-hydrogen) atoms. The summed E-state index contributed by atoms with van der Waals surface area (Å²) in [5.41, 5.74) is 6.31. The summed E-state index contributed by atoms with van der Waals surface area (Å²) in [5.74, 6) is 0.757. The molecule has 0 spiro atoms. The van der Waals surface area contributed by atoms with Crippen molar-refractivity contribution in [3.63, 3.8) is 0 Å². The highest BCUT2D eigenvalue weighted by Gasteiger charge is 2.36. The Bertz CT molecular complexity index is 323. The van der Waals surface area contributed by atoms with E-state index in [1.807, 2.05) is 6.07 Å². The number of thiophene rings is 1. The fourth-order valence-corrected chi connectivity index (χ4v) is 3.21. The predicted molar refractivity (Wildman–Crippen MR) is 59.8 cm³/mol. The summed E-state index contributed by atoms with van der Waals surface area (Å²) in [5, 5.41) is 0.962. The Morgan fingerprint density at radius 3 is 2.86 bits per heavy atom. The van der Waals surface area contributed by atoms with E-state index in [4.69, 9.17) is 10.5 Å². The van der Waals surface area contributed by atoms with Crippen LogP contribution in [-0.2, 0) is 5.54 Å². The molecule has 2 rings (SSSR count). The van der Waals surface area contributed by atoms with Crippen molar-refractivity contribution in [3.8, 4) is 5.06 Å². The molecule has 0 bridgehead atoms. The average molecular weight is 211 g/mol. The van der Waals surface area contributed by atoms with Crippen molar-refractivity contribution in [2.75, 3.05) is 7.11 Å². The maximum atomic E-state index is 6.39. The van der Waals surface area contributed by atoms with E-state index in [9.17, 15) is 0 Å². The second kappa shape index (κ2) is 3.55. The molecule has 1 saturated carbocycles. The van der Waals surface area contributed by atoms with Crippen LogP contribution in [0.2, 0.25) is 0 Å². The van der Waals surface area contributed by atoms with Crippen LogP contribution in [0.1, 0.15) is 31.1 Å². The van der Waals surface area contributed by atoms with Crippen LogP contribution >= 0.6 is 11.3 Å². The number of hydrogen-bond acceptors (Lipinski definition) is 3. The highest BCUT2D eigenvalue weighted by atomic mass is 32.1. The van der Waals surface area contributed by atoms with Crippen LogP contribution in [0.15, 0.2) is 12.1 Å². The van der Waals surface area contributed by atoms with Crippen molar-refractivity contribution in [1.29, 1.82) is 0 Å². The van der Waals surface area contributed by atoms with E-state index in [0.717, 1.165) is 23.8 Å². The molecule has 2 atom stereocenters. The molecule has 2 N–H and O–H groups in total. The third kappa shape index (κ3) is 1.66. The largest absolute Gasteiger partial charge is 0.487 e. The Morgan fingerprint density at radius 1 is 1.57 bits per heavy atom. The van der Waals surface area contributed by atoms with Crippen LogP contribution < -0.4 is 10.5 Å². The first-order valence-corrected chi connectivity index (χ1v) is 5.89. The van der Waals surface area contributed by atoms with E-state index in [0.29, 0.717) is 0 Å². The predicted octanol–water partition coefficient (Wildman–Crippen LogP) is 2.73. The highest BCUT2D eigenvalue weighted by molar-refractivity contribution is 7.14. The van der Waals surface area contributed by atoms with Crippen LogP contribution in [-0.4, -0.2) is 7.11 Å².